The van der Waals surface area contributed by atoms with Gasteiger partial charge in [-0.05, 0) is 36.2 Å². The number of ether oxygens (including phenoxy) is 1. The number of carbonyl (C=O) groups excluding carboxylic acids is 1. The van der Waals surface area contributed by atoms with Crippen LogP contribution in [0.2, 0.25) is 0 Å². The van der Waals surface area contributed by atoms with Gasteiger partial charge in [-0.3, -0.25) is 0 Å². The third-order valence-electron chi connectivity index (χ3n) is 2.61. The molecule has 0 spiro atoms. The summed E-state index contributed by atoms with van der Waals surface area (Å²) >= 11 is 3.40. The first kappa shape index (κ1) is 12.8. The first-order chi connectivity index (χ1) is 8.66. The van der Waals surface area contributed by atoms with E-state index < -0.39 is 0 Å². The zero-order valence-corrected chi connectivity index (χ0v) is 11.6. The zero-order chi connectivity index (χ0) is 13.0. The van der Waals surface area contributed by atoms with Crippen LogP contribution in [-0.2, 0) is 11.3 Å². The van der Waals surface area contributed by atoms with Crippen LogP contribution >= 0.6 is 15.9 Å². The number of benzene rings is 2. The Morgan fingerprint density at radius 3 is 2.56 bits per heavy atom. The average molecular weight is 305 g/mol. The molecule has 2 aromatic carbocycles. The second kappa shape index (κ2) is 5.83. The van der Waals surface area contributed by atoms with Gasteiger partial charge in [0.15, 0.2) is 0 Å². The van der Waals surface area contributed by atoms with Gasteiger partial charge >= 0.3 is 5.97 Å². The van der Waals surface area contributed by atoms with Gasteiger partial charge in [-0.15, -0.1) is 0 Å². The van der Waals surface area contributed by atoms with Gasteiger partial charge in [-0.2, -0.15) is 0 Å². The quantitative estimate of drug-likeness (QED) is 0.798. The number of aryl methyl sites for hydroxylation is 1. The normalized spacial score (nSPS) is 10.1. The Kier molecular flexibility index (Phi) is 4.15. The molecule has 0 N–H and O–H groups in total. The van der Waals surface area contributed by atoms with Crippen molar-refractivity contribution in [1.82, 2.24) is 0 Å². The Hall–Kier alpha value is -1.61. The molecule has 2 nitrogen and oxygen atoms in total. The maximum atomic E-state index is 11.8. The van der Waals surface area contributed by atoms with Crippen LogP contribution in [0.3, 0.4) is 0 Å². The van der Waals surface area contributed by atoms with Gasteiger partial charge in [-0.25, -0.2) is 4.79 Å². The molecule has 2 rings (SSSR count). The third kappa shape index (κ3) is 3.20. The van der Waals surface area contributed by atoms with Gasteiger partial charge in [0.05, 0.1) is 5.56 Å². The van der Waals surface area contributed by atoms with Crippen molar-refractivity contribution in [2.24, 2.45) is 0 Å². The summed E-state index contributed by atoms with van der Waals surface area (Å²) < 4.78 is 6.24. The van der Waals surface area contributed by atoms with Crippen LogP contribution in [0.15, 0.2) is 53.0 Å². The van der Waals surface area contributed by atoms with E-state index in [0.717, 1.165) is 15.6 Å². The van der Waals surface area contributed by atoms with E-state index >= 15 is 0 Å². The first-order valence-corrected chi connectivity index (χ1v) is 6.43. The Bertz CT molecular complexity index is 550. The van der Waals surface area contributed by atoms with Crippen LogP contribution in [0.1, 0.15) is 21.5 Å². The van der Waals surface area contributed by atoms with E-state index in [1.807, 2.05) is 49.4 Å². The molecule has 0 aliphatic heterocycles. The molecule has 0 amide bonds. The van der Waals surface area contributed by atoms with Crippen molar-refractivity contribution in [3.63, 3.8) is 0 Å². The predicted molar refractivity (Wildman–Crippen MR) is 74.4 cm³/mol. The SMILES string of the molecule is Cc1cc(C(=O)OCc2ccccc2)ccc1Br. The lowest BCUT2D eigenvalue weighted by Crippen LogP contribution is -2.05. The average Bonchev–Trinajstić information content (AvgIpc) is 2.40. The summed E-state index contributed by atoms with van der Waals surface area (Å²) in [6, 6.07) is 15.1. The topological polar surface area (TPSA) is 26.3 Å². The number of carbonyl (C=O) groups is 1. The Morgan fingerprint density at radius 2 is 1.89 bits per heavy atom. The van der Waals surface area contributed by atoms with Crippen LogP contribution in [0, 0.1) is 6.92 Å². The number of rotatable bonds is 3. The largest absolute Gasteiger partial charge is 0.457 e. The molecule has 92 valence electrons. The van der Waals surface area contributed by atoms with Gasteiger partial charge in [0.25, 0.3) is 0 Å². The molecular weight excluding hydrogens is 292 g/mol. The Labute approximate surface area is 115 Å². The fourth-order valence-electron chi connectivity index (χ4n) is 1.58. The molecule has 0 unspecified atom stereocenters. The van der Waals surface area contributed by atoms with Crippen molar-refractivity contribution in [2.45, 2.75) is 13.5 Å². The summed E-state index contributed by atoms with van der Waals surface area (Å²) in [5.74, 6) is -0.297. The zero-order valence-electron chi connectivity index (χ0n) is 10.0. The second-order valence-corrected chi connectivity index (χ2v) is 4.88. The summed E-state index contributed by atoms with van der Waals surface area (Å²) in [6.07, 6.45) is 0. The third-order valence-corrected chi connectivity index (χ3v) is 3.50. The van der Waals surface area contributed by atoms with Crippen LogP contribution in [-0.4, -0.2) is 5.97 Å². The summed E-state index contributed by atoms with van der Waals surface area (Å²) in [4.78, 5) is 11.8. The molecule has 0 saturated heterocycles. The molecule has 3 heteroatoms. The smallest absolute Gasteiger partial charge is 0.338 e. The second-order valence-electron chi connectivity index (χ2n) is 4.03. The van der Waals surface area contributed by atoms with E-state index in [2.05, 4.69) is 15.9 Å². The molecule has 0 radical (unpaired) electrons. The van der Waals surface area contributed by atoms with E-state index in [0.29, 0.717) is 12.2 Å². The lowest BCUT2D eigenvalue weighted by Gasteiger charge is -2.06. The number of hydrogen-bond donors (Lipinski definition) is 0. The van der Waals surface area contributed by atoms with Gasteiger partial charge in [-0.1, -0.05) is 46.3 Å². The number of hydrogen-bond acceptors (Lipinski definition) is 2. The molecular formula is C15H13BrO2. The highest BCUT2D eigenvalue weighted by Crippen LogP contribution is 2.17. The molecule has 0 heterocycles. The van der Waals surface area contributed by atoms with E-state index in [4.69, 9.17) is 4.74 Å². The van der Waals surface area contributed by atoms with Crippen molar-refractivity contribution in [1.29, 1.82) is 0 Å². The summed E-state index contributed by atoms with van der Waals surface area (Å²) in [6.45, 7) is 2.24. The Balaban J connectivity index is 2.02. The van der Waals surface area contributed by atoms with Crippen molar-refractivity contribution in [2.75, 3.05) is 0 Å². The predicted octanol–water partition coefficient (Wildman–Crippen LogP) is 4.11. The maximum Gasteiger partial charge on any atom is 0.338 e. The first-order valence-electron chi connectivity index (χ1n) is 5.64. The highest BCUT2D eigenvalue weighted by Gasteiger charge is 2.08. The van der Waals surface area contributed by atoms with Crippen LogP contribution < -0.4 is 0 Å². The standard InChI is InChI=1S/C15H13BrO2/c1-11-9-13(7-8-14(11)16)15(17)18-10-12-5-3-2-4-6-12/h2-9H,10H2,1H3. The van der Waals surface area contributed by atoms with Crippen LogP contribution in [0.25, 0.3) is 0 Å². The van der Waals surface area contributed by atoms with Crippen molar-refractivity contribution >= 4 is 21.9 Å². The van der Waals surface area contributed by atoms with Gasteiger partial charge in [0.2, 0.25) is 0 Å². The fourth-order valence-corrected chi connectivity index (χ4v) is 1.82. The minimum Gasteiger partial charge on any atom is -0.457 e. The molecule has 0 bridgehead atoms. The van der Waals surface area contributed by atoms with Crippen LogP contribution in [0.4, 0.5) is 0 Å². The monoisotopic (exact) mass is 304 g/mol. The lowest BCUT2D eigenvalue weighted by atomic mass is 10.1. The van der Waals surface area contributed by atoms with Crippen molar-refractivity contribution in [3.8, 4) is 0 Å². The maximum absolute atomic E-state index is 11.8. The number of esters is 1. The molecule has 18 heavy (non-hydrogen) atoms. The minimum absolute atomic E-state index is 0.297. The highest BCUT2D eigenvalue weighted by atomic mass is 79.9. The summed E-state index contributed by atoms with van der Waals surface area (Å²) in [5, 5.41) is 0. The van der Waals surface area contributed by atoms with E-state index in [1.54, 1.807) is 6.07 Å². The Morgan fingerprint density at radius 1 is 1.17 bits per heavy atom. The molecule has 0 saturated carbocycles. The fraction of sp³-hybridized carbons (Fsp3) is 0.133. The van der Waals surface area contributed by atoms with Crippen molar-refractivity contribution < 1.29 is 9.53 Å². The van der Waals surface area contributed by atoms with Gasteiger partial charge in [0.1, 0.15) is 6.61 Å². The van der Waals surface area contributed by atoms with Gasteiger partial charge in [0, 0.05) is 4.47 Å². The molecule has 0 fully saturated rings. The highest BCUT2D eigenvalue weighted by molar-refractivity contribution is 9.10. The van der Waals surface area contributed by atoms with Crippen LogP contribution in [0.5, 0.6) is 0 Å². The van der Waals surface area contributed by atoms with E-state index in [-0.39, 0.29) is 5.97 Å². The lowest BCUT2D eigenvalue weighted by molar-refractivity contribution is 0.0472. The van der Waals surface area contributed by atoms with E-state index in [9.17, 15) is 4.79 Å². The molecule has 2 aromatic rings. The number of halogens is 1. The van der Waals surface area contributed by atoms with Gasteiger partial charge < -0.3 is 4.74 Å². The summed E-state index contributed by atoms with van der Waals surface area (Å²) in [5.41, 5.74) is 2.58. The van der Waals surface area contributed by atoms with Crippen molar-refractivity contribution in [3.05, 3.63) is 69.7 Å². The molecule has 0 aromatic heterocycles. The molecule has 0 atom stereocenters. The molecule has 0 aliphatic carbocycles. The minimum atomic E-state index is -0.297. The summed E-state index contributed by atoms with van der Waals surface area (Å²) in [7, 11) is 0. The van der Waals surface area contributed by atoms with E-state index in [1.165, 1.54) is 0 Å². The molecule has 0 aliphatic rings.